The Balaban J connectivity index is 0. The zero-order valence-electron chi connectivity index (χ0n) is 6.76. The molecule has 1 N–H and O–H groups in total. The van der Waals surface area contributed by atoms with Crippen LogP contribution < -0.4 is 5.32 Å². The summed E-state index contributed by atoms with van der Waals surface area (Å²) < 4.78 is 82.5. The largest absolute Gasteiger partial charge is 0.459 e. The van der Waals surface area contributed by atoms with Crippen LogP contribution in [-0.4, -0.2) is 31.6 Å². The predicted molar refractivity (Wildman–Crippen MR) is 37.1 cm³/mol. The van der Waals surface area contributed by atoms with Crippen LogP contribution in [0.25, 0.3) is 0 Å². The van der Waals surface area contributed by atoms with Gasteiger partial charge in [-0.2, -0.15) is 30.7 Å². The topological polar surface area (TPSA) is 12.0 Å². The van der Waals surface area contributed by atoms with E-state index in [4.69, 9.17) is 0 Å². The van der Waals surface area contributed by atoms with Crippen LogP contribution >= 0.6 is 12.4 Å². The number of hydrogen-bond acceptors (Lipinski definition) is 1. The first-order valence-electron chi connectivity index (χ1n) is 3.03. The Morgan fingerprint density at radius 2 is 1.29 bits per heavy atom. The van der Waals surface area contributed by atoms with E-state index in [1.807, 2.05) is 0 Å². The van der Waals surface area contributed by atoms with E-state index in [-0.39, 0.29) is 12.4 Å². The molecule has 9 heteroatoms. The zero-order chi connectivity index (χ0) is 10.9. The average Bonchev–Trinajstić information content (AvgIpc) is 1.84. The molecule has 0 amide bonds. The van der Waals surface area contributed by atoms with Crippen molar-refractivity contribution in [1.82, 2.24) is 5.32 Å². The first kappa shape index (κ1) is 16.2. The molecule has 0 aromatic rings. The molecule has 0 rings (SSSR count). The molecule has 0 unspecified atom stereocenters. The smallest absolute Gasteiger partial charge is 0.314 e. The minimum Gasteiger partial charge on any atom is -0.314 e. The Morgan fingerprint density at radius 3 is 1.50 bits per heavy atom. The molecular formula is C5H7ClF7N. The molecule has 1 nitrogen and oxygen atoms in total. The fourth-order valence-electron chi connectivity index (χ4n) is 0.540. The highest BCUT2D eigenvalue weighted by molar-refractivity contribution is 5.85. The van der Waals surface area contributed by atoms with Crippen LogP contribution in [0.4, 0.5) is 30.7 Å². The minimum atomic E-state index is -6.24. The molecule has 0 bridgehead atoms. The quantitative estimate of drug-likeness (QED) is 0.758. The maximum Gasteiger partial charge on any atom is 0.459 e. The lowest BCUT2D eigenvalue weighted by molar-refractivity contribution is -0.352. The van der Waals surface area contributed by atoms with Gasteiger partial charge in [-0.25, -0.2) is 0 Å². The molecule has 0 aromatic carbocycles. The Morgan fingerprint density at radius 1 is 0.929 bits per heavy atom. The van der Waals surface area contributed by atoms with Gasteiger partial charge in [0.25, 0.3) is 0 Å². The maximum atomic E-state index is 12.2. The molecule has 0 spiro atoms. The van der Waals surface area contributed by atoms with Gasteiger partial charge in [0, 0.05) is 0 Å². The summed E-state index contributed by atoms with van der Waals surface area (Å²) in [4.78, 5) is 0. The second-order valence-corrected chi connectivity index (χ2v) is 2.31. The molecule has 0 atom stereocenters. The van der Waals surface area contributed by atoms with Gasteiger partial charge >= 0.3 is 18.0 Å². The summed E-state index contributed by atoms with van der Waals surface area (Å²) in [6.45, 7) is -1.74. The number of hydrogen-bond donors (Lipinski definition) is 1. The molecule has 0 saturated carbocycles. The van der Waals surface area contributed by atoms with Crippen molar-refractivity contribution in [1.29, 1.82) is 0 Å². The molecule has 0 aliphatic heterocycles. The van der Waals surface area contributed by atoms with Crippen molar-refractivity contribution in [3.05, 3.63) is 0 Å². The maximum absolute atomic E-state index is 12.2. The summed E-state index contributed by atoms with van der Waals surface area (Å²) >= 11 is 0. The third kappa shape index (κ3) is 2.88. The molecular weight excluding hydrogens is 243 g/mol. The summed E-state index contributed by atoms with van der Waals surface area (Å²) in [7, 11) is 0.848. The van der Waals surface area contributed by atoms with Crippen molar-refractivity contribution < 1.29 is 30.7 Å². The molecule has 0 aliphatic rings. The van der Waals surface area contributed by atoms with Crippen LogP contribution in [-0.2, 0) is 0 Å². The van der Waals surface area contributed by atoms with Crippen molar-refractivity contribution in [2.75, 3.05) is 13.6 Å². The predicted octanol–water partition coefficient (Wildman–Crippen LogP) is 2.46. The SMILES string of the molecule is CNCC(F)(F)C(F)(F)C(F)(F)F.Cl. The van der Waals surface area contributed by atoms with Gasteiger partial charge in [-0.1, -0.05) is 0 Å². The van der Waals surface area contributed by atoms with Gasteiger partial charge in [0.1, 0.15) is 0 Å². The van der Waals surface area contributed by atoms with Gasteiger partial charge in [-0.3, -0.25) is 0 Å². The second-order valence-electron chi connectivity index (χ2n) is 2.31. The molecule has 0 heterocycles. The second kappa shape index (κ2) is 4.52. The van der Waals surface area contributed by atoms with Crippen molar-refractivity contribution in [3.8, 4) is 0 Å². The summed E-state index contributed by atoms with van der Waals surface area (Å²) in [6.07, 6.45) is -6.24. The van der Waals surface area contributed by atoms with Crippen LogP contribution in [0.15, 0.2) is 0 Å². The van der Waals surface area contributed by atoms with Crippen LogP contribution in [0.1, 0.15) is 0 Å². The highest BCUT2D eigenvalue weighted by atomic mass is 35.5. The molecule has 88 valence electrons. The Hall–Kier alpha value is -0.240. The standard InChI is InChI=1S/C5H6F7N.ClH/c1-13-2-3(6,7)4(8,9)5(10,11)12;/h13H,2H2,1H3;1H. The van der Waals surface area contributed by atoms with Crippen LogP contribution in [0.3, 0.4) is 0 Å². The lowest BCUT2D eigenvalue weighted by Crippen LogP contribution is -2.55. The van der Waals surface area contributed by atoms with Crippen molar-refractivity contribution >= 4 is 12.4 Å². The summed E-state index contributed by atoms with van der Waals surface area (Å²) in [6, 6.07) is 0. The van der Waals surface area contributed by atoms with Crippen molar-refractivity contribution in [3.63, 3.8) is 0 Å². The van der Waals surface area contributed by atoms with Gasteiger partial charge in [-0.15, -0.1) is 12.4 Å². The number of nitrogens with one attached hydrogen (secondary N) is 1. The zero-order valence-corrected chi connectivity index (χ0v) is 7.58. The summed E-state index contributed by atoms with van der Waals surface area (Å²) in [5, 5.41) is 1.56. The fourth-order valence-corrected chi connectivity index (χ4v) is 0.540. The van der Waals surface area contributed by atoms with Crippen molar-refractivity contribution in [2.24, 2.45) is 0 Å². The van der Waals surface area contributed by atoms with Crippen molar-refractivity contribution in [2.45, 2.75) is 18.0 Å². The molecule has 0 aliphatic carbocycles. The van der Waals surface area contributed by atoms with E-state index < -0.39 is 24.6 Å². The summed E-state index contributed by atoms with van der Waals surface area (Å²) in [5.74, 6) is -11.1. The third-order valence-corrected chi connectivity index (χ3v) is 1.21. The van der Waals surface area contributed by atoms with Gasteiger partial charge in [0.2, 0.25) is 0 Å². The van der Waals surface area contributed by atoms with Gasteiger partial charge in [0.05, 0.1) is 6.54 Å². The first-order valence-corrected chi connectivity index (χ1v) is 3.03. The fraction of sp³-hybridized carbons (Fsp3) is 1.00. The first-order chi connectivity index (χ1) is 5.56. The van der Waals surface area contributed by atoms with E-state index >= 15 is 0 Å². The highest BCUT2D eigenvalue weighted by Gasteiger charge is 2.72. The van der Waals surface area contributed by atoms with Crippen LogP contribution in [0.5, 0.6) is 0 Å². The van der Waals surface area contributed by atoms with E-state index in [1.165, 1.54) is 0 Å². The molecule has 0 saturated heterocycles. The normalized spacial score (nSPS) is 13.7. The van der Waals surface area contributed by atoms with E-state index in [0.29, 0.717) is 0 Å². The third-order valence-electron chi connectivity index (χ3n) is 1.21. The Bertz CT molecular complexity index is 177. The van der Waals surface area contributed by atoms with E-state index in [2.05, 4.69) is 0 Å². The van der Waals surface area contributed by atoms with Crippen LogP contribution in [0, 0.1) is 0 Å². The molecule has 0 fully saturated rings. The summed E-state index contributed by atoms with van der Waals surface area (Å²) in [5.41, 5.74) is 0. The number of alkyl halides is 7. The van der Waals surface area contributed by atoms with Gasteiger partial charge in [-0.05, 0) is 7.05 Å². The molecule has 14 heavy (non-hydrogen) atoms. The molecule has 0 aromatic heterocycles. The van der Waals surface area contributed by atoms with Gasteiger partial charge < -0.3 is 5.32 Å². The van der Waals surface area contributed by atoms with E-state index in [9.17, 15) is 30.7 Å². The number of rotatable bonds is 3. The lowest BCUT2D eigenvalue weighted by atomic mass is 10.1. The Labute approximate surface area is 81.1 Å². The Kier molecular flexibility index (Phi) is 5.23. The number of halogens is 8. The lowest BCUT2D eigenvalue weighted by Gasteiger charge is -2.27. The average molecular weight is 250 g/mol. The van der Waals surface area contributed by atoms with Crippen LogP contribution in [0.2, 0.25) is 0 Å². The van der Waals surface area contributed by atoms with E-state index in [0.717, 1.165) is 7.05 Å². The monoisotopic (exact) mass is 249 g/mol. The minimum absolute atomic E-state index is 0. The highest BCUT2D eigenvalue weighted by Crippen LogP contribution is 2.45. The molecule has 0 radical (unpaired) electrons. The van der Waals surface area contributed by atoms with E-state index in [1.54, 1.807) is 5.32 Å². The van der Waals surface area contributed by atoms with Gasteiger partial charge in [0.15, 0.2) is 0 Å².